The predicted molar refractivity (Wildman–Crippen MR) is 62.6 cm³/mol. The fourth-order valence-electron chi connectivity index (χ4n) is 2.14. The van der Waals surface area contributed by atoms with Crippen molar-refractivity contribution in [3.63, 3.8) is 0 Å². The van der Waals surface area contributed by atoms with Crippen molar-refractivity contribution in [2.45, 2.75) is 19.9 Å². The summed E-state index contributed by atoms with van der Waals surface area (Å²) in [5.74, 6) is -3.92. The lowest BCUT2D eigenvalue weighted by atomic mass is 10.0. The molecule has 0 spiro atoms. The van der Waals surface area contributed by atoms with Gasteiger partial charge in [-0.1, -0.05) is 13.8 Å². The first-order valence-electron chi connectivity index (χ1n) is 5.86. The number of carbonyl (C=O) groups is 2. The fourth-order valence-corrected chi connectivity index (χ4v) is 2.14. The molecule has 6 heteroatoms. The van der Waals surface area contributed by atoms with E-state index in [0.29, 0.717) is 0 Å². The molecule has 1 N–H and O–H groups in total. The van der Waals surface area contributed by atoms with Crippen molar-refractivity contribution in [1.82, 2.24) is 4.90 Å². The van der Waals surface area contributed by atoms with Gasteiger partial charge in [-0.05, 0) is 18.1 Å². The second-order valence-electron chi connectivity index (χ2n) is 4.79. The first-order chi connectivity index (χ1) is 8.88. The van der Waals surface area contributed by atoms with Crippen LogP contribution in [0, 0.1) is 17.6 Å². The van der Waals surface area contributed by atoms with Gasteiger partial charge in [-0.25, -0.2) is 8.78 Å². The standard InChI is InChI=1S/C13H13F2NO3/c1-6(2)11(5-17)16-12(18)7-3-9(14)10(15)4-8(7)13(16)19/h3-4,6,11,17H,5H2,1-2H3/t11-/m0/s1. The maximum absolute atomic E-state index is 13.1. The van der Waals surface area contributed by atoms with E-state index in [2.05, 4.69) is 0 Å². The molecule has 0 unspecified atom stereocenters. The lowest BCUT2D eigenvalue weighted by Crippen LogP contribution is -2.45. The van der Waals surface area contributed by atoms with E-state index in [0.717, 1.165) is 17.0 Å². The van der Waals surface area contributed by atoms with Gasteiger partial charge in [-0.15, -0.1) is 0 Å². The van der Waals surface area contributed by atoms with Crippen LogP contribution in [0.1, 0.15) is 34.6 Å². The Hall–Kier alpha value is -1.82. The van der Waals surface area contributed by atoms with Crippen molar-refractivity contribution < 1.29 is 23.5 Å². The van der Waals surface area contributed by atoms with Crippen LogP contribution in [-0.2, 0) is 0 Å². The van der Waals surface area contributed by atoms with Crippen LogP contribution in [0.2, 0.25) is 0 Å². The summed E-state index contributed by atoms with van der Waals surface area (Å²) < 4.78 is 26.3. The summed E-state index contributed by atoms with van der Waals surface area (Å²) in [5.41, 5.74) is -0.328. The highest BCUT2D eigenvalue weighted by molar-refractivity contribution is 6.21. The molecule has 2 amide bonds. The Balaban J connectivity index is 2.50. The molecule has 1 atom stereocenters. The number of fused-ring (bicyclic) bond motifs is 1. The molecule has 1 aromatic carbocycles. The molecule has 0 fully saturated rings. The number of rotatable bonds is 3. The van der Waals surface area contributed by atoms with Crippen LogP contribution in [0.5, 0.6) is 0 Å². The first kappa shape index (κ1) is 13.6. The fraction of sp³-hybridized carbons (Fsp3) is 0.385. The number of carbonyl (C=O) groups excluding carboxylic acids is 2. The zero-order chi connectivity index (χ0) is 14.3. The third kappa shape index (κ3) is 2.02. The van der Waals surface area contributed by atoms with E-state index in [9.17, 15) is 23.5 Å². The van der Waals surface area contributed by atoms with Gasteiger partial charge in [0.25, 0.3) is 11.8 Å². The van der Waals surface area contributed by atoms with Crippen molar-refractivity contribution in [1.29, 1.82) is 0 Å². The molecule has 0 saturated carbocycles. The monoisotopic (exact) mass is 269 g/mol. The molecule has 0 aliphatic carbocycles. The lowest BCUT2D eigenvalue weighted by molar-refractivity contribution is 0.0451. The summed E-state index contributed by atoms with van der Waals surface area (Å²) in [6, 6.07) is 0.734. The van der Waals surface area contributed by atoms with Crippen molar-refractivity contribution in [3.8, 4) is 0 Å². The Morgan fingerprint density at radius 3 is 1.84 bits per heavy atom. The van der Waals surface area contributed by atoms with E-state index in [1.807, 2.05) is 0 Å². The van der Waals surface area contributed by atoms with E-state index in [1.54, 1.807) is 13.8 Å². The summed E-state index contributed by atoms with van der Waals surface area (Å²) in [6.45, 7) is 3.09. The van der Waals surface area contributed by atoms with Crippen molar-refractivity contribution in [2.24, 2.45) is 5.92 Å². The highest BCUT2D eigenvalue weighted by atomic mass is 19.2. The van der Waals surface area contributed by atoms with Crippen LogP contribution < -0.4 is 0 Å². The van der Waals surface area contributed by atoms with Crippen LogP contribution in [0.4, 0.5) is 8.78 Å². The van der Waals surface area contributed by atoms with E-state index >= 15 is 0 Å². The van der Waals surface area contributed by atoms with Crippen LogP contribution >= 0.6 is 0 Å². The number of nitrogens with zero attached hydrogens (tertiary/aromatic N) is 1. The van der Waals surface area contributed by atoms with Gasteiger partial charge in [0.15, 0.2) is 11.6 Å². The lowest BCUT2D eigenvalue weighted by Gasteiger charge is -2.27. The Bertz CT molecular complexity index is 516. The highest BCUT2D eigenvalue weighted by Crippen LogP contribution is 2.28. The zero-order valence-electron chi connectivity index (χ0n) is 10.5. The molecule has 0 radical (unpaired) electrons. The molecule has 0 saturated heterocycles. The smallest absolute Gasteiger partial charge is 0.262 e. The summed E-state index contributed by atoms with van der Waals surface area (Å²) in [6.07, 6.45) is 0. The van der Waals surface area contributed by atoms with E-state index in [4.69, 9.17) is 0 Å². The Morgan fingerprint density at radius 2 is 1.53 bits per heavy atom. The summed E-state index contributed by atoms with van der Waals surface area (Å²) in [7, 11) is 0. The van der Waals surface area contributed by atoms with E-state index in [-0.39, 0.29) is 17.0 Å². The van der Waals surface area contributed by atoms with Crippen molar-refractivity contribution in [3.05, 3.63) is 34.9 Å². The second-order valence-corrected chi connectivity index (χ2v) is 4.79. The number of halogens is 2. The average molecular weight is 269 g/mol. The third-order valence-corrected chi connectivity index (χ3v) is 3.25. The minimum atomic E-state index is -1.17. The zero-order valence-corrected chi connectivity index (χ0v) is 10.5. The van der Waals surface area contributed by atoms with Crippen LogP contribution in [0.3, 0.4) is 0 Å². The molecule has 1 aliphatic heterocycles. The number of amides is 2. The molecular formula is C13H13F2NO3. The van der Waals surface area contributed by atoms with Crippen molar-refractivity contribution in [2.75, 3.05) is 6.61 Å². The minimum Gasteiger partial charge on any atom is -0.394 e. The van der Waals surface area contributed by atoms with E-state index < -0.39 is 36.1 Å². The normalized spacial score (nSPS) is 16.2. The van der Waals surface area contributed by atoms with Crippen LogP contribution in [0.15, 0.2) is 12.1 Å². The van der Waals surface area contributed by atoms with Gasteiger partial charge in [-0.2, -0.15) is 0 Å². The Kier molecular flexibility index (Phi) is 3.36. The number of imide groups is 1. The van der Waals surface area contributed by atoms with Gasteiger partial charge in [0.1, 0.15) is 0 Å². The van der Waals surface area contributed by atoms with Gasteiger partial charge in [0.05, 0.1) is 23.8 Å². The van der Waals surface area contributed by atoms with Crippen molar-refractivity contribution >= 4 is 11.8 Å². The molecule has 0 aromatic heterocycles. The number of aliphatic hydroxyl groups excluding tert-OH is 1. The number of hydrogen-bond donors (Lipinski definition) is 1. The number of benzene rings is 1. The van der Waals surface area contributed by atoms with Gasteiger partial charge in [0, 0.05) is 0 Å². The molecule has 102 valence electrons. The molecule has 4 nitrogen and oxygen atoms in total. The first-order valence-corrected chi connectivity index (χ1v) is 5.86. The van der Waals surface area contributed by atoms with Gasteiger partial charge >= 0.3 is 0 Å². The predicted octanol–water partition coefficient (Wildman–Crippen LogP) is 1.58. The number of aliphatic hydroxyl groups is 1. The van der Waals surface area contributed by atoms with Gasteiger partial charge in [0.2, 0.25) is 0 Å². The average Bonchev–Trinajstić information content (AvgIpc) is 2.56. The molecule has 2 rings (SSSR count). The molecule has 19 heavy (non-hydrogen) atoms. The molecule has 1 aliphatic rings. The molecular weight excluding hydrogens is 256 g/mol. The van der Waals surface area contributed by atoms with Crippen LogP contribution in [-0.4, -0.2) is 34.5 Å². The highest BCUT2D eigenvalue weighted by Gasteiger charge is 2.41. The Labute approximate surface area is 108 Å². The van der Waals surface area contributed by atoms with Crippen LogP contribution in [0.25, 0.3) is 0 Å². The maximum Gasteiger partial charge on any atom is 0.262 e. The number of hydrogen-bond acceptors (Lipinski definition) is 3. The summed E-state index contributed by atoms with van der Waals surface area (Å²) >= 11 is 0. The minimum absolute atomic E-state index is 0.164. The second kappa shape index (κ2) is 4.70. The maximum atomic E-state index is 13.1. The summed E-state index contributed by atoms with van der Waals surface area (Å²) in [5, 5.41) is 9.29. The quantitative estimate of drug-likeness (QED) is 0.847. The SMILES string of the molecule is CC(C)[C@H](CO)N1C(=O)c2cc(F)c(F)cc2C1=O. The third-order valence-electron chi connectivity index (χ3n) is 3.25. The molecule has 1 heterocycles. The largest absolute Gasteiger partial charge is 0.394 e. The molecule has 0 bridgehead atoms. The van der Waals surface area contributed by atoms with E-state index in [1.165, 1.54) is 0 Å². The van der Waals surface area contributed by atoms with Gasteiger partial charge in [-0.3, -0.25) is 14.5 Å². The summed E-state index contributed by atoms with van der Waals surface area (Å²) in [4.78, 5) is 25.0. The topological polar surface area (TPSA) is 57.6 Å². The molecule has 1 aromatic rings. The van der Waals surface area contributed by atoms with Gasteiger partial charge < -0.3 is 5.11 Å². The Morgan fingerprint density at radius 1 is 1.11 bits per heavy atom.